The Morgan fingerprint density at radius 2 is 1.90 bits per heavy atom. The third-order valence-corrected chi connectivity index (χ3v) is 5.45. The summed E-state index contributed by atoms with van der Waals surface area (Å²) in [6.45, 7) is 6.64. The van der Waals surface area contributed by atoms with E-state index in [-0.39, 0.29) is 16.5 Å². The van der Waals surface area contributed by atoms with Crippen molar-refractivity contribution in [2.45, 2.75) is 32.2 Å². The molecule has 114 valence electrons. The normalized spacial score (nSPS) is 11.8. The summed E-state index contributed by atoms with van der Waals surface area (Å²) in [7, 11) is -3.60. The highest BCUT2D eigenvalue weighted by atomic mass is 35.5. The molecule has 0 aliphatic heterocycles. The molecule has 0 radical (unpaired) electrons. The van der Waals surface area contributed by atoms with Gasteiger partial charge in [-0.3, -0.25) is 4.68 Å². The summed E-state index contributed by atoms with van der Waals surface area (Å²) in [6.07, 6.45) is 0. The second-order valence-electron chi connectivity index (χ2n) is 4.85. The van der Waals surface area contributed by atoms with E-state index in [1.54, 1.807) is 22.9 Å². The third kappa shape index (κ3) is 3.45. The van der Waals surface area contributed by atoms with Gasteiger partial charge in [0.2, 0.25) is 10.0 Å². The average Bonchev–Trinajstić information content (AvgIpc) is 2.66. The van der Waals surface area contributed by atoms with Gasteiger partial charge in [-0.25, -0.2) is 13.1 Å². The molecular weight excluding hydrogens is 310 g/mol. The Morgan fingerprint density at radius 1 is 1.24 bits per heavy atom. The first-order valence-electron chi connectivity index (χ1n) is 6.57. The van der Waals surface area contributed by atoms with Crippen molar-refractivity contribution in [2.24, 2.45) is 0 Å². The van der Waals surface area contributed by atoms with Crippen LogP contribution in [0.1, 0.15) is 17.0 Å². The number of hydrogen-bond donors (Lipinski definition) is 1. The van der Waals surface area contributed by atoms with Crippen molar-refractivity contribution in [2.75, 3.05) is 6.54 Å². The zero-order valence-electron chi connectivity index (χ0n) is 12.2. The molecule has 7 heteroatoms. The molecule has 0 fully saturated rings. The number of aromatic nitrogens is 2. The fourth-order valence-electron chi connectivity index (χ4n) is 2.03. The Labute approximate surface area is 130 Å². The lowest BCUT2D eigenvalue weighted by molar-refractivity contribution is 0.554. The Morgan fingerprint density at radius 3 is 2.48 bits per heavy atom. The molecule has 0 amide bonds. The summed E-state index contributed by atoms with van der Waals surface area (Å²) in [5.74, 6) is 0. The lowest BCUT2D eigenvalue weighted by Gasteiger charge is -2.09. The van der Waals surface area contributed by atoms with Gasteiger partial charge in [0.15, 0.2) is 0 Å². The van der Waals surface area contributed by atoms with E-state index in [4.69, 9.17) is 11.6 Å². The zero-order chi connectivity index (χ0) is 15.6. The number of benzene rings is 1. The van der Waals surface area contributed by atoms with Crippen LogP contribution in [-0.2, 0) is 16.6 Å². The van der Waals surface area contributed by atoms with Crippen LogP contribution in [0.2, 0.25) is 5.02 Å². The predicted molar refractivity (Wildman–Crippen MR) is 83.1 cm³/mol. The lowest BCUT2D eigenvalue weighted by Crippen LogP contribution is -2.28. The third-order valence-electron chi connectivity index (χ3n) is 3.49. The van der Waals surface area contributed by atoms with Crippen LogP contribution < -0.4 is 4.72 Å². The van der Waals surface area contributed by atoms with Gasteiger partial charge in [-0.2, -0.15) is 5.10 Å². The number of sulfonamides is 1. The number of nitrogens with one attached hydrogen (secondary N) is 1. The van der Waals surface area contributed by atoms with Crippen LogP contribution in [0, 0.1) is 20.8 Å². The molecule has 1 aromatic heterocycles. The van der Waals surface area contributed by atoms with E-state index in [2.05, 4.69) is 9.82 Å². The summed E-state index contributed by atoms with van der Waals surface area (Å²) in [4.78, 5) is 0.0937. The SMILES string of the molecule is Cc1nn(CCNS(=O)(=O)c2ccccc2Cl)c(C)c1C. The van der Waals surface area contributed by atoms with Crippen molar-refractivity contribution in [3.05, 3.63) is 46.2 Å². The second kappa shape index (κ2) is 6.17. The van der Waals surface area contributed by atoms with E-state index in [9.17, 15) is 8.42 Å². The van der Waals surface area contributed by atoms with Gasteiger partial charge >= 0.3 is 0 Å². The number of aryl methyl sites for hydroxylation is 1. The predicted octanol–water partition coefficient (Wildman–Crippen LogP) is 2.44. The van der Waals surface area contributed by atoms with Crippen molar-refractivity contribution >= 4 is 21.6 Å². The van der Waals surface area contributed by atoms with Gasteiger partial charge in [-0.05, 0) is 38.5 Å². The molecule has 0 atom stereocenters. The molecule has 5 nitrogen and oxygen atoms in total. The monoisotopic (exact) mass is 327 g/mol. The van der Waals surface area contributed by atoms with Crippen LogP contribution in [0.3, 0.4) is 0 Å². The smallest absolute Gasteiger partial charge is 0.242 e. The average molecular weight is 328 g/mol. The molecule has 0 bridgehead atoms. The molecule has 2 aromatic rings. The van der Waals surface area contributed by atoms with Gasteiger partial charge in [0.25, 0.3) is 0 Å². The second-order valence-corrected chi connectivity index (χ2v) is 6.99. The molecule has 1 aromatic carbocycles. The number of hydrogen-bond acceptors (Lipinski definition) is 3. The van der Waals surface area contributed by atoms with Crippen LogP contribution in [0.25, 0.3) is 0 Å². The van der Waals surface area contributed by atoms with Gasteiger partial charge in [0.1, 0.15) is 4.90 Å². The van der Waals surface area contributed by atoms with Crippen LogP contribution in [0.4, 0.5) is 0 Å². The van der Waals surface area contributed by atoms with Gasteiger partial charge < -0.3 is 0 Å². The Bertz CT molecular complexity index is 754. The molecule has 0 aliphatic rings. The van der Waals surface area contributed by atoms with Crippen LogP contribution in [0.15, 0.2) is 29.2 Å². The fraction of sp³-hybridized carbons (Fsp3) is 0.357. The molecular formula is C14H18ClN3O2S. The minimum absolute atomic E-state index is 0.0937. The standard InChI is InChI=1S/C14H18ClN3O2S/c1-10-11(2)17-18(12(10)3)9-8-16-21(19,20)14-7-5-4-6-13(14)15/h4-7,16H,8-9H2,1-3H3. The van der Waals surface area contributed by atoms with E-state index >= 15 is 0 Å². The van der Waals surface area contributed by atoms with Crippen molar-refractivity contribution in [1.29, 1.82) is 0 Å². The van der Waals surface area contributed by atoms with Crippen molar-refractivity contribution in [3.63, 3.8) is 0 Å². The summed E-state index contributed by atoms with van der Waals surface area (Å²) in [5.41, 5.74) is 3.13. The highest BCUT2D eigenvalue weighted by molar-refractivity contribution is 7.89. The Hall–Kier alpha value is -1.37. The van der Waals surface area contributed by atoms with Crippen molar-refractivity contribution < 1.29 is 8.42 Å². The van der Waals surface area contributed by atoms with E-state index in [1.807, 2.05) is 20.8 Å². The first-order valence-corrected chi connectivity index (χ1v) is 8.44. The maximum absolute atomic E-state index is 12.2. The maximum Gasteiger partial charge on any atom is 0.242 e. The van der Waals surface area contributed by atoms with Crippen LogP contribution in [-0.4, -0.2) is 24.7 Å². The number of rotatable bonds is 5. The minimum atomic E-state index is -3.60. The van der Waals surface area contributed by atoms with E-state index in [0.29, 0.717) is 6.54 Å². The zero-order valence-corrected chi connectivity index (χ0v) is 13.8. The van der Waals surface area contributed by atoms with E-state index < -0.39 is 10.0 Å². The van der Waals surface area contributed by atoms with Crippen LogP contribution >= 0.6 is 11.6 Å². The molecule has 0 aliphatic carbocycles. The molecule has 0 saturated heterocycles. The molecule has 0 spiro atoms. The van der Waals surface area contributed by atoms with E-state index in [0.717, 1.165) is 17.0 Å². The molecule has 21 heavy (non-hydrogen) atoms. The number of halogens is 1. The van der Waals surface area contributed by atoms with E-state index in [1.165, 1.54) is 6.07 Å². The summed E-state index contributed by atoms with van der Waals surface area (Å²) >= 11 is 5.92. The lowest BCUT2D eigenvalue weighted by atomic mass is 10.2. The summed E-state index contributed by atoms with van der Waals surface area (Å²) < 4.78 is 28.7. The Kier molecular flexibility index (Phi) is 4.70. The summed E-state index contributed by atoms with van der Waals surface area (Å²) in [5, 5.41) is 4.59. The highest BCUT2D eigenvalue weighted by Gasteiger charge is 2.17. The van der Waals surface area contributed by atoms with Crippen molar-refractivity contribution in [1.82, 2.24) is 14.5 Å². The quantitative estimate of drug-likeness (QED) is 0.917. The fourth-order valence-corrected chi connectivity index (χ4v) is 3.57. The highest BCUT2D eigenvalue weighted by Crippen LogP contribution is 2.20. The largest absolute Gasteiger partial charge is 0.268 e. The van der Waals surface area contributed by atoms with Gasteiger partial charge in [-0.1, -0.05) is 23.7 Å². The van der Waals surface area contributed by atoms with Crippen molar-refractivity contribution in [3.8, 4) is 0 Å². The molecule has 1 heterocycles. The van der Waals surface area contributed by atoms with Gasteiger partial charge in [0.05, 0.1) is 17.3 Å². The Balaban J connectivity index is 2.06. The molecule has 1 N–H and O–H groups in total. The maximum atomic E-state index is 12.2. The van der Waals surface area contributed by atoms with Gasteiger partial charge in [0, 0.05) is 12.2 Å². The molecule has 2 rings (SSSR count). The first-order chi connectivity index (χ1) is 9.83. The van der Waals surface area contributed by atoms with Gasteiger partial charge in [-0.15, -0.1) is 0 Å². The summed E-state index contributed by atoms with van der Waals surface area (Å²) in [6, 6.07) is 6.38. The molecule has 0 unspecified atom stereocenters. The minimum Gasteiger partial charge on any atom is -0.268 e. The number of nitrogens with zero attached hydrogens (tertiary/aromatic N) is 2. The van der Waals surface area contributed by atoms with Crippen LogP contribution in [0.5, 0.6) is 0 Å². The first kappa shape index (κ1) is 16.0. The molecule has 0 saturated carbocycles. The topological polar surface area (TPSA) is 64.0 Å².